The van der Waals surface area contributed by atoms with Crippen molar-refractivity contribution in [3.8, 4) is 0 Å². The van der Waals surface area contributed by atoms with Crippen LogP contribution in [-0.2, 0) is 11.2 Å². The molecule has 1 heterocycles. The molecule has 1 amide bonds. The van der Waals surface area contributed by atoms with Gasteiger partial charge in [0.2, 0.25) is 5.91 Å². The molecule has 0 spiro atoms. The highest BCUT2D eigenvalue weighted by Gasteiger charge is 2.43. The van der Waals surface area contributed by atoms with Crippen LogP contribution < -0.4 is 11.1 Å². The molecule has 92 valence electrons. The Hall–Kier alpha value is -1.42. The Balaban J connectivity index is 1.77. The van der Waals surface area contributed by atoms with Crippen LogP contribution in [0.25, 0.3) is 0 Å². The van der Waals surface area contributed by atoms with Crippen LogP contribution >= 0.6 is 0 Å². The van der Waals surface area contributed by atoms with Crippen LogP contribution in [0.5, 0.6) is 0 Å². The van der Waals surface area contributed by atoms with Gasteiger partial charge in [0.15, 0.2) is 0 Å². The van der Waals surface area contributed by atoms with Crippen LogP contribution in [0.15, 0.2) is 24.5 Å². The van der Waals surface area contributed by atoms with E-state index in [0.717, 1.165) is 24.8 Å². The zero-order valence-corrected chi connectivity index (χ0v) is 10.1. The molecule has 4 heteroatoms. The third-order valence-electron chi connectivity index (χ3n) is 3.34. The zero-order valence-electron chi connectivity index (χ0n) is 10.1. The molecule has 1 unspecified atom stereocenters. The molecule has 4 nitrogen and oxygen atoms in total. The molecule has 3 N–H and O–H groups in total. The van der Waals surface area contributed by atoms with E-state index in [9.17, 15) is 4.79 Å². The Morgan fingerprint density at radius 3 is 3.00 bits per heavy atom. The van der Waals surface area contributed by atoms with Gasteiger partial charge in [0.1, 0.15) is 0 Å². The number of nitrogens with zero attached hydrogens (tertiary/aromatic N) is 1. The number of pyridine rings is 1. The number of nitrogens with two attached hydrogens (primary N) is 1. The summed E-state index contributed by atoms with van der Waals surface area (Å²) in [6, 6.07) is 3.90. The highest BCUT2D eigenvalue weighted by atomic mass is 16.2. The monoisotopic (exact) mass is 233 g/mol. The van der Waals surface area contributed by atoms with Gasteiger partial charge in [0, 0.05) is 18.9 Å². The summed E-state index contributed by atoms with van der Waals surface area (Å²) in [5.41, 5.74) is 6.44. The van der Waals surface area contributed by atoms with Crippen molar-refractivity contribution in [3.63, 3.8) is 0 Å². The van der Waals surface area contributed by atoms with Gasteiger partial charge < -0.3 is 11.1 Å². The molecule has 0 saturated heterocycles. The van der Waals surface area contributed by atoms with E-state index in [1.54, 1.807) is 6.20 Å². The van der Waals surface area contributed by atoms with E-state index >= 15 is 0 Å². The smallest absolute Gasteiger partial charge is 0.240 e. The van der Waals surface area contributed by atoms with Gasteiger partial charge in [-0.3, -0.25) is 9.78 Å². The van der Waals surface area contributed by atoms with Gasteiger partial charge in [-0.2, -0.15) is 0 Å². The molecule has 1 saturated carbocycles. The number of carbonyl (C=O) groups excluding carboxylic acids is 1. The molecule has 1 aromatic heterocycles. The van der Waals surface area contributed by atoms with Crippen molar-refractivity contribution >= 4 is 5.91 Å². The predicted molar refractivity (Wildman–Crippen MR) is 66.3 cm³/mol. The van der Waals surface area contributed by atoms with E-state index in [2.05, 4.69) is 10.3 Å². The summed E-state index contributed by atoms with van der Waals surface area (Å²) in [4.78, 5) is 15.9. The fraction of sp³-hybridized carbons (Fsp3) is 0.538. The highest BCUT2D eigenvalue weighted by molar-refractivity contribution is 5.86. The summed E-state index contributed by atoms with van der Waals surface area (Å²) >= 11 is 0. The minimum Gasteiger partial charge on any atom is -0.354 e. The molecule has 1 aliphatic carbocycles. The van der Waals surface area contributed by atoms with Crippen LogP contribution in [0.1, 0.15) is 25.3 Å². The van der Waals surface area contributed by atoms with Gasteiger partial charge in [-0.05, 0) is 43.7 Å². The Morgan fingerprint density at radius 2 is 2.41 bits per heavy atom. The average Bonchev–Trinajstić information content (AvgIpc) is 3.14. The number of hydrogen-bond acceptors (Lipinski definition) is 3. The quantitative estimate of drug-likeness (QED) is 0.793. The molecule has 1 aliphatic rings. The van der Waals surface area contributed by atoms with Crippen molar-refractivity contribution in [1.82, 2.24) is 10.3 Å². The van der Waals surface area contributed by atoms with Crippen LogP contribution in [0.2, 0.25) is 0 Å². The first kappa shape index (κ1) is 12.0. The fourth-order valence-electron chi connectivity index (χ4n) is 1.93. The summed E-state index contributed by atoms with van der Waals surface area (Å²) in [6.45, 7) is 2.44. The molecule has 1 fully saturated rings. The molecular weight excluding hydrogens is 214 g/mol. The van der Waals surface area contributed by atoms with Crippen molar-refractivity contribution in [1.29, 1.82) is 0 Å². The first-order chi connectivity index (χ1) is 8.10. The maximum absolute atomic E-state index is 11.9. The lowest BCUT2D eigenvalue weighted by Gasteiger charge is -2.23. The lowest BCUT2D eigenvalue weighted by Crippen LogP contribution is -2.53. The van der Waals surface area contributed by atoms with E-state index in [1.807, 2.05) is 25.3 Å². The average molecular weight is 233 g/mol. The second-order valence-electron chi connectivity index (χ2n) is 4.92. The summed E-state index contributed by atoms with van der Waals surface area (Å²) in [6.07, 6.45) is 6.49. The standard InChI is InChI=1S/C13H19N3O/c1-13(14,11-4-5-11)12(17)16-8-6-10-3-2-7-15-9-10/h2-3,7,9,11H,4-6,8,14H2,1H3,(H,16,17). The molecular formula is C13H19N3O. The summed E-state index contributed by atoms with van der Waals surface area (Å²) < 4.78 is 0. The maximum atomic E-state index is 11.9. The lowest BCUT2D eigenvalue weighted by molar-refractivity contribution is -0.126. The van der Waals surface area contributed by atoms with Crippen LogP contribution in [0, 0.1) is 5.92 Å². The van der Waals surface area contributed by atoms with E-state index in [0.29, 0.717) is 12.5 Å². The molecule has 2 rings (SSSR count). The summed E-state index contributed by atoms with van der Waals surface area (Å²) in [5.74, 6) is 0.324. The van der Waals surface area contributed by atoms with Crippen molar-refractivity contribution in [2.45, 2.75) is 31.7 Å². The van der Waals surface area contributed by atoms with Gasteiger partial charge in [-0.1, -0.05) is 6.07 Å². The minimum absolute atomic E-state index is 0.0381. The third-order valence-corrected chi connectivity index (χ3v) is 3.34. The van der Waals surface area contributed by atoms with Crippen LogP contribution in [-0.4, -0.2) is 23.0 Å². The second kappa shape index (κ2) is 4.84. The maximum Gasteiger partial charge on any atom is 0.240 e. The van der Waals surface area contributed by atoms with Gasteiger partial charge in [0.05, 0.1) is 5.54 Å². The van der Waals surface area contributed by atoms with E-state index in [-0.39, 0.29) is 5.91 Å². The van der Waals surface area contributed by atoms with E-state index in [1.165, 1.54) is 0 Å². The summed E-state index contributed by atoms with van der Waals surface area (Å²) in [5, 5.41) is 2.90. The number of amides is 1. The number of rotatable bonds is 5. The molecule has 17 heavy (non-hydrogen) atoms. The molecule has 0 aromatic carbocycles. The van der Waals surface area contributed by atoms with Gasteiger partial charge in [0.25, 0.3) is 0 Å². The Kier molecular flexibility index (Phi) is 3.43. The number of nitrogens with one attached hydrogen (secondary N) is 1. The molecule has 0 radical (unpaired) electrons. The molecule has 1 aromatic rings. The Morgan fingerprint density at radius 1 is 1.65 bits per heavy atom. The van der Waals surface area contributed by atoms with E-state index in [4.69, 9.17) is 5.73 Å². The topological polar surface area (TPSA) is 68.0 Å². The fourth-order valence-corrected chi connectivity index (χ4v) is 1.93. The van der Waals surface area contributed by atoms with Crippen molar-refractivity contribution in [2.24, 2.45) is 11.7 Å². The van der Waals surface area contributed by atoms with Crippen LogP contribution in [0.4, 0.5) is 0 Å². The number of hydrogen-bond donors (Lipinski definition) is 2. The summed E-state index contributed by atoms with van der Waals surface area (Å²) in [7, 11) is 0. The Labute approximate surface area is 102 Å². The first-order valence-corrected chi connectivity index (χ1v) is 6.07. The zero-order chi connectivity index (χ0) is 12.3. The normalized spacial score (nSPS) is 18.5. The van der Waals surface area contributed by atoms with Crippen LogP contribution in [0.3, 0.4) is 0 Å². The van der Waals surface area contributed by atoms with Crippen molar-refractivity contribution < 1.29 is 4.79 Å². The van der Waals surface area contributed by atoms with Crippen molar-refractivity contribution in [3.05, 3.63) is 30.1 Å². The lowest BCUT2D eigenvalue weighted by atomic mass is 9.96. The molecule has 0 aliphatic heterocycles. The largest absolute Gasteiger partial charge is 0.354 e. The van der Waals surface area contributed by atoms with Gasteiger partial charge in [-0.25, -0.2) is 0 Å². The van der Waals surface area contributed by atoms with Gasteiger partial charge in [-0.15, -0.1) is 0 Å². The minimum atomic E-state index is -0.699. The first-order valence-electron chi connectivity index (χ1n) is 6.07. The van der Waals surface area contributed by atoms with E-state index < -0.39 is 5.54 Å². The van der Waals surface area contributed by atoms with Crippen molar-refractivity contribution in [2.75, 3.05) is 6.54 Å². The SMILES string of the molecule is CC(N)(C(=O)NCCc1cccnc1)C1CC1. The second-order valence-corrected chi connectivity index (χ2v) is 4.92. The van der Waals surface area contributed by atoms with Gasteiger partial charge >= 0.3 is 0 Å². The molecule has 1 atom stereocenters. The number of aromatic nitrogens is 1. The number of carbonyl (C=O) groups is 1. The highest BCUT2D eigenvalue weighted by Crippen LogP contribution is 2.38. The third kappa shape index (κ3) is 3.03. The predicted octanol–water partition coefficient (Wildman–Crippen LogP) is 0.868. The Bertz CT molecular complexity index is 385. The molecule has 0 bridgehead atoms.